The quantitative estimate of drug-likeness (QED) is 0.305. The Morgan fingerprint density at radius 3 is 2.35 bits per heavy atom. The number of hydrogen-bond acceptors (Lipinski definition) is 2. The zero-order chi connectivity index (χ0) is 18.5. The first-order valence-corrected chi connectivity index (χ1v) is 10.7. The lowest BCUT2D eigenvalue weighted by Gasteiger charge is -2.13. The van der Waals surface area contributed by atoms with E-state index in [-0.39, 0.29) is 5.60 Å². The van der Waals surface area contributed by atoms with Crippen LogP contribution in [-0.2, 0) is 22.4 Å². The lowest BCUT2D eigenvalue weighted by Crippen LogP contribution is -2.12. The van der Waals surface area contributed by atoms with Gasteiger partial charge in [0.25, 0.3) is 6.47 Å². The summed E-state index contributed by atoms with van der Waals surface area (Å²) < 4.78 is 5.23. The summed E-state index contributed by atoms with van der Waals surface area (Å²) >= 11 is 0. The van der Waals surface area contributed by atoms with Crippen LogP contribution in [0.1, 0.15) is 94.2 Å². The van der Waals surface area contributed by atoms with E-state index in [0.717, 1.165) is 37.5 Å². The van der Waals surface area contributed by atoms with Crippen LogP contribution in [0.2, 0.25) is 0 Å². The highest BCUT2D eigenvalue weighted by molar-refractivity contribution is 5.39. The van der Waals surface area contributed by atoms with Crippen LogP contribution in [0.25, 0.3) is 0 Å². The number of hydrogen-bond donors (Lipinski definition) is 0. The van der Waals surface area contributed by atoms with Gasteiger partial charge in [-0.25, -0.2) is 0 Å². The van der Waals surface area contributed by atoms with Gasteiger partial charge in [0.2, 0.25) is 0 Å². The van der Waals surface area contributed by atoms with Gasteiger partial charge in [0, 0.05) is 0 Å². The average Bonchev–Trinajstić information content (AvgIpc) is 3.53. The van der Waals surface area contributed by atoms with E-state index >= 15 is 0 Å². The minimum Gasteiger partial charge on any atom is -0.461 e. The van der Waals surface area contributed by atoms with Crippen molar-refractivity contribution in [2.24, 2.45) is 5.41 Å². The molecule has 0 aromatic heterocycles. The maximum absolute atomic E-state index is 10.5. The molecule has 0 N–H and O–H groups in total. The van der Waals surface area contributed by atoms with E-state index in [4.69, 9.17) is 4.74 Å². The molecular formula is C24H36O2. The third kappa shape index (κ3) is 5.86. The molecule has 2 saturated carbocycles. The molecule has 0 saturated heterocycles. The molecule has 3 rings (SSSR count). The monoisotopic (exact) mass is 356 g/mol. The Hall–Kier alpha value is -1.31. The number of carbonyl (C=O) groups excluding carboxylic acids is 1. The topological polar surface area (TPSA) is 26.3 Å². The molecule has 1 aromatic carbocycles. The molecule has 0 heterocycles. The molecule has 144 valence electrons. The van der Waals surface area contributed by atoms with Gasteiger partial charge in [-0.15, -0.1) is 0 Å². The number of carbonyl (C=O) groups is 1. The van der Waals surface area contributed by atoms with Crippen molar-refractivity contribution in [2.45, 2.75) is 103 Å². The van der Waals surface area contributed by atoms with Crippen LogP contribution in [0, 0.1) is 12.3 Å². The van der Waals surface area contributed by atoms with Gasteiger partial charge in [-0.2, -0.15) is 0 Å². The van der Waals surface area contributed by atoms with E-state index in [9.17, 15) is 4.79 Å². The molecule has 26 heavy (non-hydrogen) atoms. The molecule has 2 aliphatic rings. The number of aryl methyl sites for hydroxylation is 3. The summed E-state index contributed by atoms with van der Waals surface area (Å²) in [4.78, 5) is 10.5. The average molecular weight is 357 g/mol. The maximum atomic E-state index is 10.5. The molecule has 1 aromatic rings. The second kappa shape index (κ2) is 8.59. The summed E-state index contributed by atoms with van der Waals surface area (Å²) in [6.45, 7) is 5.32. The van der Waals surface area contributed by atoms with Crippen LogP contribution in [0.5, 0.6) is 0 Å². The fourth-order valence-corrected chi connectivity index (χ4v) is 4.15. The van der Waals surface area contributed by atoms with E-state index in [1.165, 1.54) is 68.1 Å². The molecule has 2 heteroatoms. The van der Waals surface area contributed by atoms with Crippen LogP contribution >= 0.6 is 0 Å². The van der Waals surface area contributed by atoms with Gasteiger partial charge in [0.1, 0.15) is 5.60 Å². The predicted molar refractivity (Wildman–Crippen MR) is 107 cm³/mol. The van der Waals surface area contributed by atoms with Crippen LogP contribution in [0.3, 0.4) is 0 Å². The zero-order valence-corrected chi connectivity index (χ0v) is 16.8. The molecule has 0 radical (unpaired) electrons. The highest BCUT2D eigenvalue weighted by atomic mass is 16.5. The van der Waals surface area contributed by atoms with Gasteiger partial charge in [0.15, 0.2) is 0 Å². The third-order valence-electron chi connectivity index (χ3n) is 6.69. The number of benzene rings is 1. The van der Waals surface area contributed by atoms with Gasteiger partial charge in [0.05, 0.1) is 0 Å². The fourth-order valence-electron chi connectivity index (χ4n) is 4.15. The molecule has 0 atom stereocenters. The van der Waals surface area contributed by atoms with Crippen molar-refractivity contribution >= 4 is 6.47 Å². The van der Waals surface area contributed by atoms with Crippen molar-refractivity contribution in [1.29, 1.82) is 0 Å². The Kier molecular flexibility index (Phi) is 6.42. The molecular weight excluding hydrogens is 320 g/mol. The summed E-state index contributed by atoms with van der Waals surface area (Å²) in [7, 11) is 0. The van der Waals surface area contributed by atoms with E-state index in [1.54, 1.807) is 0 Å². The van der Waals surface area contributed by atoms with Gasteiger partial charge >= 0.3 is 0 Å². The highest BCUT2D eigenvalue weighted by Gasteiger charge is 2.44. The zero-order valence-electron chi connectivity index (χ0n) is 16.8. The standard InChI is InChI=1S/C24H36O2/c1-20-18-21(8-4-3-6-12-23(2)14-15-23)10-11-22(20)9-5-7-13-24(16-17-24)26-19-25/h10-11,18-19H,3-9,12-17H2,1-2H3. The predicted octanol–water partition coefficient (Wildman–Crippen LogP) is 6.32. The normalized spacial score (nSPS) is 19.2. The van der Waals surface area contributed by atoms with E-state index in [1.807, 2.05) is 0 Å². The summed E-state index contributed by atoms with van der Waals surface area (Å²) in [6.07, 6.45) is 16.3. The third-order valence-corrected chi connectivity index (χ3v) is 6.69. The first-order valence-electron chi connectivity index (χ1n) is 10.7. The van der Waals surface area contributed by atoms with Crippen LogP contribution < -0.4 is 0 Å². The highest BCUT2D eigenvalue weighted by Crippen LogP contribution is 2.49. The lowest BCUT2D eigenvalue weighted by atomic mass is 9.96. The van der Waals surface area contributed by atoms with Crippen molar-refractivity contribution in [3.8, 4) is 0 Å². The number of unbranched alkanes of at least 4 members (excludes halogenated alkanes) is 3. The molecule has 0 aliphatic heterocycles. The summed E-state index contributed by atoms with van der Waals surface area (Å²) in [6, 6.07) is 7.07. The first-order chi connectivity index (χ1) is 12.5. The first kappa shape index (κ1) is 19.5. The molecule has 0 bridgehead atoms. The maximum Gasteiger partial charge on any atom is 0.293 e. The smallest absolute Gasteiger partial charge is 0.293 e. The van der Waals surface area contributed by atoms with Gasteiger partial charge in [-0.05, 0) is 99.7 Å². The van der Waals surface area contributed by atoms with Crippen molar-refractivity contribution in [3.63, 3.8) is 0 Å². The number of ether oxygens (including phenoxy) is 1. The minimum absolute atomic E-state index is 0.0857. The minimum atomic E-state index is -0.0857. The Labute approximate surface area is 159 Å². The molecule has 2 nitrogen and oxygen atoms in total. The lowest BCUT2D eigenvalue weighted by molar-refractivity contribution is -0.135. The Balaban J connectivity index is 1.32. The molecule has 0 spiro atoms. The Morgan fingerprint density at radius 1 is 0.962 bits per heavy atom. The van der Waals surface area contributed by atoms with Crippen LogP contribution in [-0.4, -0.2) is 12.1 Å². The SMILES string of the molecule is Cc1cc(CCCCCC2(C)CC2)ccc1CCCCC1(OC=O)CC1. The largest absolute Gasteiger partial charge is 0.461 e. The summed E-state index contributed by atoms with van der Waals surface area (Å²) in [5, 5.41) is 0. The summed E-state index contributed by atoms with van der Waals surface area (Å²) in [5.74, 6) is 0. The molecule has 0 unspecified atom stereocenters. The Morgan fingerprint density at radius 2 is 1.69 bits per heavy atom. The van der Waals surface area contributed by atoms with E-state index < -0.39 is 0 Å². The van der Waals surface area contributed by atoms with Crippen molar-refractivity contribution in [3.05, 3.63) is 34.9 Å². The van der Waals surface area contributed by atoms with E-state index in [2.05, 4.69) is 32.0 Å². The molecule has 2 fully saturated rings. The second-order valence-corrected chi connectivity index (χ2v) is 9.24. The van der Waals surface area contributed by atoms with Gasteiger partial charge < -0.3 is 4.74 Å². The summed E-state index contributed by atoms with van der Waals surface area (Å²) in [5.41, 5.74) is 5.06. The second-order valence-electron chi connectivity index (χ2n) is 9.24. The van der Waals surface area contributed by atoms with Crippen molar-refractivity contribution in [1.82, 2.24) is 0 Å². The van der Waals surface area contributed by atoms with Crippen molar-refractivity contribution < 1.29 is 9.53 Å². The van der Waals surface area contributed by atoms with Gasteiger partial charge in [-0.3, -0.25) is 4.79 Å². The molecule has 2 aliphatic carbocycles. The van der Waals surface area contributed by atoms with Crippen LogP contribution in [0.4, 0.5) is 0 Å². The fraction of sp³-hybridized carbons (Fsp3) is 0.708. The molecule has 0 amide bonds. The van der Waals surface area contributed by atoms with Crippen molar-refractivity contribution in [2.75, 3.05) is 0 Å². The van der Waals surface area contributed by atoms with E-state index in [0.29, 0.717) is 6.47 Å². The number of rotatable bonds is 13. The van der Waals surface area contributed by atoms with Crippen LogP contribution in [0.15, 0.2) is 18.2 Å². The van der Waals surface area contributed by atoms with Gasteiger partial charge in [-0.1, -0.05) is 38.0 Å². The Bertz CT molecular complexity index is 596.